The number of carbonyl (C=O) groups is 2. The van der Waals surface area contributed by atoms with E-state index in [4.69, 9.17) is 0 Å². The molecule has 1 aliphatic heterocycles. The molecule has 2 atom stereocenters. The van der Waals surface area contributed by atoms with Gasteiger partial charge in [0.25, 0.3) is 5.91 Å². The number of hydrogen-bond acceptors (Lipinski definition) is 3. The summed E-state index contributed by atoms with van der Waals surface area (Å²) in [7, 11) is 1.90. The number of hydrogen-bond donors (Lipinski definition) is 1. The van der Waals surface area contributed by atoms with E-state index in [2.05, 4.69) is 5.10 Å². The summed E-state index contributed by atoms with van der Waals surface area (Å²) in [5, 5.41) is 13.9. The van der Waals surface area contributed by atoms with E-state index in [0.29, 0.717) is 24.7 Å². The van der Waals surface area contributed by atoms with Crippen LogP contribution in [0.1, 0.15) is 47.4 Å². The van der Waals surface area contributed by atoms with Gasteiger partial charge in [0.2, 0.25) is 0 Å². The number of aryl methyl sites for hydroxylation is 1. The van der Waals surface area contributed by atoms with Gasteiger partial charge in [-0.25, -0.2) is 0 Å². The summed E-state index contributed by atoms with van der Waals surface area (Å²) in [4.78, 5) is 26.2. The Morgan fingerprint density at radius 2 is 1.91 bits per heavy atom. The molecule has 0 bridgehead atoms. The van der Waals surface area contributed by atoms with Gasteiger partial charge in [0.05, 0.1) is 5.92 Å². The average Bonchev–Trinajstić information content (AvgIpc) is 3.20. The molecule has 1 aromatic heterocycles. The van der Waals surface area contributed by atoms with Crippen LogP contribution in [0.4, 0.5) is 0 Å². The molecule has 0 unspecified atom stereocenters. The van der Waals surface area contributed by atoms with Crippen LogP contribution in [0.2, 0.25) is 0 Å². The molecule has 2 fully saturated rings. The third kappa shape index (κ3) is 2.44. The van der Waals surface area contributed by atoms with E-state index in [0.717, 1.165) is 44.1 Å². The Morgan fingerprint density at radius 1 is 1.17 bits per heavy atom. The number of aliphatic carboxylic acids is 1. The molecule has 6 heteroatoms. The fourth-order valence-electron chi connectivity index (χ4n) is 4.35. The van der Waals surface area contributed by atoms with Gasteiger partial charge in [-0.15, -0.1) is 0 Å². The van der Waals surface area contributed by atoms with E-state index in [1.807, 2.05) is 11.7 Å². The first-order valence-electron chi connectivity index (χ1n) is 8.63. The van der Waals surface area contributed by atoms with Crippen LogP contribution in [0.5, 0.6) is 0 Å². The fourth-order valence-corrected chi connectivity index (χ4v) is 4.35. The lowest BCUT2D eigenvalue weighted by atomic mass is 9.92. The van der Waals surface area contributed by atoms with E-state index in [-0.39, 0.29) is 11.8 Å². The van der Waals surface area contributed by atoms with Crippen LogP contribution >= 0.6 is 0 Å². The molecule has 1 amide bonds. The molecule has 0 radical (unpaired) electrons. The lowest BCUT2D eigenvalue weighted by Gasteiger charge is -2.17. The Kier molecular flexibility index (Phi) is 3.43. The number of carboxylic acid groups (broad SMARTS) is 1. The first-order valence-corrected chi connectivity index (χ1v) is 8.63. The van der Waals surface area contributed by atoms with Crippen molar-refractivity contribution in [3.8, 4) is 0 Å². The van der Waals surface area contributed by atoms with Crippen LogP contribution in [0.25, 0.3) is 0 Å². The molecule has 1 saturated heterocycles. The molecular weight excluding hydrogens is 294 g/mol. The van der Waals surface area contributed by atoms with Crippen LogP contribution < -0.4 is 0 Å². The van der Waals surface area contributed by atoms with Crippen LogP contribution in [0, 0.1) is 17.8 Å². The standard InChI is InChI=1S/C17H23N3O3/c1-19-14-5-3-2-4-11(14)15(18-19)16(21)20-8-12(10-6-7-10)13(9-20)17(22)23/h10,12-13H,2-9H2,1H3,(H,22,23)/t12-,13+/m1/s1. The molecule has 0 aromatic carbocycles. The van der Waals surface area contributed by atoms with Gasteiger partial charge in [-0.1, -0.05) is 0 Å². The molecule has 1 saturated carbocycles. The highest BCUT2D eigenvalue weighted by atomic mass is 16.4. The maximum Gasteiger partial charge on any atom is 0.308 e. The number of nitrogens with zero attached hydrogens (tertiary/aromatic N) is 3. The van der Waals surface area contributed by atoms with Gasteiger partial charge in [0.15, 0.2) is 5.69 Å². The molecule has 4 rings (SSSR count). The number of aromatic nitrogens is 2. The summed E-state index contributed by atoms with van der Waals surface area (Å²) < 4.78 is 1.84. The average molecular weight is 317 g/mol. The summed E-state index contributed by atoms with van der Waals surface area (Å²) in [5.74, 6) is -0.632. The number of likely N-dealkylation sites (tertiary alicyclic amines) is 1. The third-order valence-corrected chi connectivity index (χ3v) is 5.76. The zero-order chi connectivity index (χ0) is 16.1. The van der Waals surface area contributed by atoms with Gasteiger partial charge >= 0.3 is 5.97 Å². The molecule has 2 heterocycles. The zero-order valence-corrected chi connectivity index (χ0v) is 13.5. The minimum Gasteiger partial charge on any atom is -0.481 e. The molecule has 3 aliphatic rings. The Labute approximate surface area is 135 Å². The van der Waals surface area contributed by atoms with Crippen LogP contribution in [0.3, 0.4) is 0 Å². The van der Waals surface area contributed by atoms with E-state index in [1.54, 1.807) is 4.90 Å². The normalized spacial score (nSPS) is 27.1. The van der Waals surface area contributed by atoms with E-state index < -0.39 is 11.9 Å². The van der Waals surface area contributed by atoms with Crippen molar-refractivity contribution in [2.45, 2.75) is 38.5 Å². The molecule has 6 nitrogen and oxygen atoms in total. The van der Waals surface area contributed by atoms with Crippen molar-refractivity contribution in [2.24, 2.45) is 24.8 Å². The summed E-state index contributed by atoms with van der Waals surface area (Å²) in [6.07, 6.45) is 6.35. The molecule has 1 aromatic rings. The van der Waals surface area contributed by atoms with Crippen molar-refractivity contribution in [3.05, 3.63) is 17.0 Å². The molecule has 1 N–H and O–H groups in total. The molecule has 124 valence electrons. The van der Waals surface area contributed by atoms with Gasteiger partial charge in [0, 0.05) is 31.4 Å². The highest BCUT2D eigenvalue weighted by molar-refractivity contribution is 5.94. The SMILES string of the molecule is Cn1nc(C(=O)N2C[C@H](C(=O)O)[C@@H](C3CC3)C2)c2c1CCCC2. The van der Waals surface area contributed by atoms with Crippen molar-refractivity contribution in [2.75, 3.05) is 13.1 Å². The van der Waals surface area contributed by atoms with Crippen molar-refractivity contribution in [1.29, 1.82) is 0 Å². The topological polar surface area (TPSA) is 75.4 Å². The number of rotatable bonds is 3. The Hall–Kier alpha value is -1.85. The highest BCUT2D eigenvalue weighted by Crippen LogP contribution is 2.44. The van der Waals surface area contributed by atoms with E-state index in [9.17, 15) is 14.7 Å². The maximum atomic E-state index is 12.9. The first-order chi connectivity index (χ1) is 11.1. The van der Waals surface area contributed by atoms with Crippen molar-refractivity contribution in [1.82, 2.24) is 14.7 Å². The largest absolute Gasteiger partial charge is 0.481 e. The maximum absolute atomic E-state index is 12.9. The van der Waals surface area contributed by atoms with Gasteiger partial charge < -0.3 is 10.0 Å². The predicted octanol–water partition coefficient (Wildman–Crippen LogP) is 1.48. The van der Waals surface area contributed by atoms with Crippen molar-refractivity contribution in [3.63, 3.8) is 0 Å². The minimum atomic E-state index is -0.764. The van der Waals surface area contributed by atoms with Gasteiger partial charge in [0.1, 0.15) is 0 Å². The van der Waals surface area contributed by atoms with Crippen molar-refractivity contribution < 1.29 is 14.7 Å². The number of fused-ring (bicyclic) bond motifs is 1. The van der Waals surface area contributed by atoms with Gasteiger partial charge in [-0.2, -0.15) is 5.10 Å². The predicted molar refractivity (Wildman–Crippen MR) is 83.1 cm³/mol. The molecule has 0 spiro atoms. The second-order valence-electron chi connectivity index (χ2n) is 7.26. The highest BCUT2D eigenvalue weighted by Gasteiger charge is 2.47. The Balaban J connectivity index is 1.59. The van der Waals surface area contributed by atoms with E-state index in [1.165, 1.54) is 5.69 Å². The second-order valence-corrected chi connectivity index (χ2v) is 7.26. The second kappa shape index (κ2) is 5.35. The fraction of sp³-hybridized carbons (Fsp3) is 0.706. The van der Waals surface area contributed by atoms with Gasteiger partial charge in [-0.05, 0) is 50.4 Å². The molecule has 2 aliphatic carbocycles. The summed E-state index contributed by atoms with van der Waals surface area (Å²) >= 11 is 0. The van der Waals surface area contributed by atoms with Crippen LogP contribution in [-0.4, -0.2) is 44.8 Å². The Morgan fingerprint density at radius 3 is 2.61 bits per heavy atom. The third-order valence-electron chi connectivity index (χ3n) is 5.76. The van der Waals surface area contributed by atoms with E-state index >= 15 is 0 Å². The summed E-state index contributed by atoms with van der Waals surface area (Å²) in [6, 6.07) is 0. The summed E-state index contributed by atoms with van der Waals surface area (Å²) in [6.45, 7) is 0.909. The first kappa shape index (κ1) is 14.7. The Bertz CT molecular complexity index is 662. The number of amides is 1. The lowest BCUT2D eigenvalue weighted by Crippen LogP contribution is -2.31. The molecular formula is C17H23N3O3. The van der Waals surface area contributed by atoms with Crippen molar-refractivity contribution >= 4 is 11.9 Å². The summed E-state index contributed by atoms with van der Waals surface area (Å²) in [5.41, 5.74) is 2.82. The number of carbonyl (C=O) groups excluding carboxylic acids is 1. The monoisotopic (exact) mass is 317 g/mol. The smallest absolute Gasteiger partial charge is 0.308 e. The van der Waals surface area contributed by atoms with Gasteiger partial charge in [-0.3, -0.25) is 14.3 Å². The van der Waals surface area contributed by atoms with Crippen LogP contribution in [0.15, 0.2) is 0 Å². The number of carboxylic acids is 1. The minimum absolute atomic E-state index is 0.0712. The lowest BCUT2D eigenvalue weighted by molar-refractivity contribution is -0.142. The zero-order valence-electron chi connectivity index (χ0n) is 13.5. The quantitative estimate of drug-likeness (QED) is 0.916. The van der Waals surface area contributed by atoms with Crippen LogP contribution in [-0.2, 0) is 24.7 Å². The molecule has 23 heavy (non-hydrogen) atoms.